The van der Waals surface area contributed by atoms with Gasteiger partial charge in [0, 0.05) is 56.2 Å². The van der Waals surface area contributed by atoms with Crippen molar-refractivity contribution in [1.82, 2.24) is 4.98 Å². The van der Waals surface area contributed by atoms with Gasteiger partial charge in [-0.3, -0.25) is 9.78 Å². The minimum absolute atomic E-state index is 0.00510. The van der Waals surface area contributed by atoms with Crippen LogP contribution in [0.15, 0.2) is 66.9 Å². The highest BCUT2D eigenvalue weighted by Gasteiger charge is 2.21. The number of ether oxygens (including phenoxy) is 1. The molecule has 0 radical (unpaired) electrons. The monoisotopic (exact) mass is 402 g/mol. The van der Waals surface area contributed by atoms with Crippen molar-refractivity contribution in [3.8, 4) is 0 Å². The number of likely N-dealkylation sites (N-methyl/N-ethyl adjacent to an activating group) is 1. The lowest BCUT2D eigenvalue weighted by atomic mass is 9.83. The van der Waals surface area contributed by atoms with E-state index in [4.69, 9.17) is 4.74 Å². The average molecular weight is 403 g/mol. The summed E-state index contributed by atoms with van der Waals surface area (Å²) in [6.45, 7) is 5.53. The van der Waals surface area contributed by atoms with E-state index in [2.05, 4.69) is 60.3 Å². The Labute approximate surface area is 179 Å². The summed E-state index contributed by atoms with van der Waals surface area (Å²) in [6, 6.07) is 20.5. The van der Waals surface area contributed by atoms with Crippen LogP contribution in [0.4, 0.5) is 5.69 Å². The molecule has 0 aliphatic carbocycles. The van der Waals surface area contributed by atoms with Crippen molar-refractivity contribution in [3.63, 3.8) is 0 Å². The van der Waals surface area contributed by atoms with Crippen LogP contribution in [-0.2, 0) is 4.74 Å². The normalized spacial score (nSPS) is 11.9. The van der Waals surface area contributed by atoms with Crippen LogP contribution in [0.25, 0.3) is 0 Å². The van der Waals surface area contributed by atoms with Crippen LogP contribution >= 0.6 is 0 Å². The molecule has 3 rings (SSSR count). The number of rotatable bonds is 9. The minimum Gasteiger partial charge on any atom is -0.383 e. The maximum atomic E-state index is 13.1. The fourth-order valence-electron chi connectivity index (χ4n) is 3.73. The summed E-state index contributed by atoms with van der Waals surface area (Å²) in [5.74, 6) is 0.139. The highest BCUT2D eigenvalue weighted by Crippen LogP contribution is 2.32. The third kappa shape index (κ3) is 5.33. The third-order valence-electron chi connectivity index (χ3n) is 5.54. The molecular formula is C26H30N2O2. The fraction of sp³-hybridized carbons (Fsp3) is 0.308. The Balaban J connectivity index is 1.90. The smallest absolute Gasteiger partial charge is 0.163 e. The predicted molar refractivity (Wildman–Crippen MR) is 123 cm³/mol. The van der Waals surface area contributed by atoms with Crippen LogP contribution in [0, 0.1) is 13.8 Å². The van der Waals surface area contributed by atoms with Crippen molar-refractivity contribution < 1.29 is 9.53 Å². The molecule has 2 aromatic carbocycles. The molecule has 0 saturated heterocycles. The standard InChI is InChI=1S/C26H30N2O2/c1-19-7-5-6-8-24(19)25(18-26(29)22-13-14-27-20(2)17-22)21-9-11-23(12-10-21)28(3)15-16-30-4/h5-14,17,25H,15-16,18H2,1-4H3. The zero-order valence-electron chi connectivity index (χ0n) is 18.3. The Bertz CT molecular complexity index is 982. The molecule has 1 atom stereocenters. The van der Waals surface area contributed by atoms with Crippen molar-refractivity contribution in [2.75, 3.05) is 32.2 Å². The minimum atomic E-state index is 0.00510. The van der Waals surface area contributed by atoms with Crippen LogP contribution in [0.5, 0.6) is 0 Å². The first-order valence-electron chi connectivity index (χ1n) is 10.3. The van der Waals surface area contributed by atoms with Crippen molar-refractivity contribution in [2.24, 2.45) is 0 Å². The molecule has 0 spiro atoms. The third-order valence-corrected chi connectivity index (χ3v) is 5.54. The summed E-state index contributed by atoms with van der Waals surface area (Å²) in [7, 11) is 3.77. The molecule has 0 aliphatic heterocycles. The number of carbonyl (C=O) groups excluding carboxylic acids is 1. The fourth-order valence-corrected chi connectivity index (χ4v) is 3.73. The number of aromatic nitrogens is 1. The number of nitrogens with zero attached hydrogens (tertiary/aromatic N) is 2. The first kappa shape index (κ1) is 21.7. The Morgan fingerprint density at radius 2 is 1.80 bits per heavy atom. The molecule has 0 bridgehead atoms. The number of aryl methyl sites for hydroxylation is 2. The second-order valence-electron chi connectivity index (χ2n) is 7.73. The molecule has 0 aliphatic rings. The summed E-state index contributed by atoms with van der Waals surface area (Å²) in [5.41, 5.74) is 6.25. The van der Waals surface area contributed by atoms with E-state index >= 15 is 0 Å². The molecule has 0 amide bonds. The number of carbonyl (C=O) groups is 1. The highest BCUT2D eigenvalue weighted by atomic mass is 16.5. The summed E-state index contributed by atoms with van der Waals surface area (Å²) in [5, 5.41) is 0. The molecule has 4 heteroatoms. The number of hydrogen-bond acceptors (Lipinski definition) is 4. The van der Waals surface area contributed by atoms with E-state index in [0.29, 0.717) is 13.0 Å². The van der Waals surface area contributed by atoms with Crippen LogP contribution < -0.4 is 4.90 Å². The number of anilines is 1. The highest BCUT2D eigenvalue weighted by molar-refractivity contribution is 5.96. The molecule has 156 valence electrons. The molecule has 0 saturated carbocycles. The summed E-state index contributed by atoms with van der Waals surface area (Å²) >= 11 is 0. The molecule has 1 aromatic heterocycles. The summed E-state index contributed by atoms with van der Waals surface area (Å²) in [6.07, 6.45) is 2.13. The van der Waals surface area contributed by atoms with E-state index in [-0.39, 0.29) is 11.7 Å². The van der Waals surface area contributed by atoms with E-state index in [0.717, 1.165) is 29.1 Å². The van der Waals surface area contributed by atoms with E-state index in [1.807, 2.05) is 25.1 Å². The van der Waals surface area contributed by atoms with Crippen LogP contribution in [0.3, 0.4) is 0 Å². The number of methoxy groups -OCH3 is 1. The average Bonchev–Trinajstić information content (AvgIpc) is 2.76. The van der Waals surface area contributed by atoms with E-state index < -0.39 is 0 Å². The van der Waals surface area contributed by atoms with Gasteiger partial charge in [0.25, 0.3) is 0 Å². The van der Waals surface area contributed by atoms with Gasteiger partial charge >= 0.3 is 0 Å². The zero-order valence-corrected chi connectivity index (χ0v) is 18.3. The van der Waals surface area contributed by atoms with Gasteiger partial charge in [-0.2, -0.15) is 0 Å². The number of ketones is 1. The lowest BCUT2D eigenvalue weighted by molar-refractivity contribution is 0.0977. The van der Waals surface area contributed by atoms with Crippen molar-refractivity contribution in [1.29, 1.82) is 0 Å². The molecule has 1 unspecified atom stereocenters. The molecule has 4 nitrogen and oxygen atoms in total. The summed E-state index contributed by atoms with van der Waals surface area (Å²) < 4.78 is 5.18. The van der Waals surface area contributed by atoms with Gasteiger partial charge in [0.1, 0.15) is 0 Å². The first-order valence-corrected chi connectivity index (χ1v) is 10.3. The van der Waals surface area contributed by atoms with Gasteiger partial charge in [-0.15, -0.1) is 0 Å². The SMILES string of the molecule is COCCN(C)c1ccc(C(CC(=O)c2ccnc(C)c2)c2ccccc2C)cc1. The van der Waals surface area contributed by atoms with Crippen LogP contribution in [0.2, 0.25) is 0 Å². The second kappa shape index (κ2) is 10.2. The maximum absolute atomic E-state index is 13.1. The predicted octanol–water partition coefficient (Wildman–Crippen LogP) is 5.19. The second-order valence-corrected chi connectivity index (χ2v) is 7.73. The lowest BCUT2D eigenvalue weighted by Gasteiger charge is -2.22. The van der Waals surface area contributed by atoms with Crippen LogP contribution in [0.1, 0.15) is 45.1 Å². The van der Waals surface area contributed by atoms with Gasteiger partial charge in [-0.05, 0) is 54.8 Å². The molecule has 1 heterocycles. The molecule has 0 N–H and O–H groups in total. The summed E-state index contributed by atoms with van der Waals surface area (Å²) in [4.78, 5) is 19.5. The Hall–Kier alpha value is -2.98. The molecule has 0 fully saturated rings. The Morgan fingerprint density at radius 3 is 2.47 bits per heavy atom. The zero-order chi connectivity index (χ0) is 21.5. The Morgan fingerprint density at radius 1 is 1.07 bits per heavy atom. The lowest BCUT2D eigenvalue weighted by Crippen LogP contribution is -2.22. The van der Waals surface area contributed by atoms with Gasteiger partial charge in [0.2, 0.25) is 0 Å². The number of Topliss-reactive ketones (excluding diaryl/α,β-unsaturated/α-hetero) is 1. The largest absolute Gasteiger partial charge is 0.383 e. The van der Waals surface area contributed by atoms with Gasteiger partial charge < -0.3 is 9.64 Å². The van der Waals surface area contributed by atoms with Crippen molar-refractivity contribution in [3.05, 3.63) is 94.8 Å². The van der Waals surface area contributed by atoms with Gasteiger partial charge in [0.15, 0.2) is 5.78 Å². The van der Waals surface area contributed by atoms with Crippen LogP contribution in [-0.4, -0.2) is 38.1 Å². The molecule has 3 aromatic rings. The van der Waals surface area contributed by atoms with Crippen molar-refractivity contribution >= 4 is 11.5 Å². The topological polar surface area (TPSA) is 42.4 Å². The maximum Gasteiger partial charge on any atom is 0.163 e. The van der Waals surface area contributed by atoms with Crippen molar-refractivity contribution in [2.45, 2.75) is 26.2 Å². The molecular weight excluding hydrogens is 372 g/mol. The number of hydrogen-bond donors (Lipinski definition) is 0. The quantitative estimate of drug-likeness (QED) is 0.462. The number of pyridine rings is 1. The van der Waals surface area contributed by atoms with E-state index in [1.54, 1.807) is 19.4 Å². The van der Waals surface area contributed by atoms with Gasteiger partial charge in [-0.1, -0.05) is 36.4 Å². The van der Waals surface area contributed by atoms with E-state index in [9.17, 15) is 4.79 Å². The van der Waals surface area contributed by atoms with Gasteiger partial charge in [-0.25, -0.2) is 0 Å². The number of benzene rings is 2. The van der Waals surface area contributed by atoms with E-state index in [1.165, 1.54) is 11.1 Å². The Kier molecular flexibility index (Phi) is 7.36. The molecule has 30 heavy (non-hydrogen) atoms. The van der Waals surface area contributed by atoms with Gasteiger partial charge in [0.05, 0.1) is 6.61 Å². The first-order chi connectivity index (χ1) is 14.5.